The number of carbonyl (C=O) groups is 1. The van der Waals surface area contributed by atoms with Gasteiger partial charge in [0.25, 0.3) is 0 Å². The van der Waals surface area contributed by atoms with Crippen LogP contribution in [0.15, 0.2) is 29.7 Å². The van der Waals surface area contributed by atoms with Gasteiger partial charge in [-0.15, -0.1) is 11.3 Å². The highest BCUT2D eigenvalue weighted by Crippen LogP contribution is 2.49. The molecule has 1 saturated heterocycles. The number of morpholine rings is 1. The minimum Gasteiger partial charge on any atom is -0.464 e. The Bertz CT molecular complexity index is 856. The number of carbonyl (C=O) groups excluding carboxylic acids is 1. The number of nitriles is 1. The monoisotopic (exact) mass is 544 g/mol. The molecular weight excluding hydrogens is 496 g/mol. The second kappa shape index (κ2) is 17.1. The first-order valence-corrected chi connectivity index (χ1v) is 15.7. The number of esters is 1. The number of thiophene rings is 1. The van der Waals surface area contributed by atoms with Crippen molar-refractivity contribution in [3.8, 4) is 6.07 Å². The van der Waals surface area contributed by atoms with Gasteiger partial charge >= 0.3 is 5.97 Å². The Kier molecular flexibility index (Phi) is 13.8. The van der Waals surface area contributed by atoms with Crippen LogP contribution >= 0.6 is 11.3 Å². The summed E-state index contributed by atoms with van der Waals surface area (Å²) < 4.78 is 10.5. The summed E-state index contributed by atoms with van der Waals surface area (Å²) in [5, 5.41) is 21.7. The molecule has 3 atom stereocenters. The second-order valence-corrected chi connectivity index (χ2v) is 12.0. The molecule has 0 spiro atoms. The normalized spacial score (nSPS) is 23.7. The van der Waals surface area contributed by atoms with Gasteiger partial charge < -0.3 is 14.6 Å². The molecule has 7 heteroatoms. The molecule has 0 amide bonds. The van der Waals surface area contributed by atoms with Gasteiger partial charge in [0, 0.05) is 42.3 Å². The summed E-state index contributed by atoms with van der Waals surface area (Å²) in [5.41, 5.74) is 0.0172. The van der Waals surface area contributed by atoms with Crippen LogP contribution in [-0.2, 0) is 19.7 Å². The lowest BCUT2D eigenvalue weighted by Gasteiger charge is -2.44. The Hall–Kier alpha value is -1.72. The van der Waals surface area contributed by atoms with Crippen LogP contribution < -0.4 is 0 Å². The van der Waals surface area contributed by atoms with Crippen molar-refractivity contribution in [2.75, 3.05) is 39.5 Å². The zero-order chi connectivity index (χ0) is 27.1. The van der Waals surface area contributed by atoms with Crippen LogP contribution in [-0.4, -0.2) is 61.5 Å². The average molecular weight is 545 g/mol. The summed E-state index contributed by atoms with van der Waals surface area (Å²) in [6.45, 7) is 7.02. The smallest absolute Gasteiger partial charge is 0.305 e. The summed E-state index contributed by atoms with van der Waals surface area (Å²) >= 11 is 1.78. The number of nitrogens with zero attached hydrogens (tertiary/aromatic N) is 2. The first-order chi connectivity index (χ1) is 18.6. The molecule has 3 aliphatic rings. The van der Waals surface area contributed by atoms with E-state index in [0.717, 1.165) is 84.2 Å². The standard InChI is InChI=1S/C18H23NOS.C13H25NO3/c19-13-15-8-7-14(12-15)4-1-5-16(20)18(9-3-10-18)17-6-2-11-21-17;1-2-3-4-5-6-13(15)17-12-9-14-7-10-16-11-8-14/h1-2,4,6,11,14-16,20H,3,5,7-10,12H2;2-12H2,1H3/b4-1+;. The Balaban J connectivity index is 0.000000216. The van der Waals surface area contributed by atoms with Crippen LogP contribution in [0, 0.1) is 23.2 Å². The molecule has 212 valence electrons. The van der Waals surface area contributed by atoms with Crippen molar-refractivity contribution in [1.82, 2.24) is 4.90 Å². The molecule has 0 bridgehead atoms. The van der Waals surface area contributed by atoms with Crippen molar-refractivity contribution in [3.05, 3.63) is 34.5 Å². The van der Waals surface area contributed by atoms with E-state index in [1.807, 2.05) is 0 Å². The van der Waals surface area contributed by atoms with Gasteiger partial charge in [0.05, 0.1) is 25.4 Å². The minimum absolute atomic E-state index is 0.0172. The van der Waals surface area contributed by atoms with E-state index in [1.165, 1.54) is 24.1 Å². The number of hydrogen-bond donors (Lipinski definition) is 1. The topological polar surface area (TPSA) is 82.8 Å². The molecule has 0 radical (unpaired) electrons. The Morgan fingerprint density at radius 2 is 2.13 bits per heavy atom. The predicted molar refractivity (Wildman–Crippen MR) is 153 cm³/mol. The van der Waals surface area contributed by atoms with E-state index < -0.39 is 0 Å². The van der Waals surface area contributed by atoms with Gasteiger partial charge in [0.1, 0.15) is 6.61 Å². The van der Waals surface area contributed by atoms with Gasteiger partial charge in [-0.05, 0) is 62.3 Å². The van der Waals surface area contributed by atoms with Gasteiger partial charge in [-0.3, -0.25) is 9.69 Å². The number of allylic oxidation sites excluding steroid dienone is 1. The van der Waals surface area contributed by atoms with Gasteiger partial charge in [-0.1, -0.05) is 50.8 Å². The maximum Gasteiger partial charge on any atom is 0.305 e. The van der Waals surface area contributed by atoms with E-state index in [0.29, 0.717) is 18.9 Å². The summed E-state index contributed by atoms with van der Waals surface area (Å²) in [6.07, 6.45) is 16.6. The highest BCUT2D eigenvalue weighted by molar-refractivity contribution is 7.10. The largest absolute Gasteiger partial charge is 0.464 e. The Morgan fingerprint density at radius 3 is 2.76 bits per heavy atom. The third-order valence-corrected chi connectivity index (χ3v) is 9.42. The van der Waals surface area contributed by atoms with Crippen molar-refractivity contribution in [3.63, 3.8) is 0 Å². The number of unbranched alkanes of at least 4 members (excludes halogenated alkanes) is 3. The highest BCUT2D eigenvalue weighted by Gasteiger charge is 2.45. The third-order valence-electron chi connectivity index (χ3n) is 8.33. The molecule has 1 aromatic rings. The Labute approximate surface area is 234 Å². The lowest BCUT2D eigenvalue weighted by Crippen LogP contribution is -2.44. The molecule has 0 aromatic carbocycles. The van der Waals surface area contributed by atoms with Gasteiger partial charge in [0.2, 0.25) is 0 Å². The zero-order valence-corrected chi connectivity index (χ0v) is 24.1. The van der Waals surface area contributed by atoms with Crippen LogP contribution in [0.5, 0.6) is 0 Å². The summed E-state index contributed by atoms with van der Waals surface area (Å²) in [6, 6.07) is 6.63. The van der Waals surface area contributed by atoms with Crippen molar-refractivity contribution < 1.29 is 19.4 Å². The molecule has 3 fully saturated rings. The predicted octanol–water partition coefficient (Wildman–Crippen LogP) is 6.25. The fourth-order valence-electron chi connectivity index (χ4n) is 5.68. The molecule has 38 heavy (non-hydrogen) atoms. The third kappa shape index (κ3) is 9.79. The molecule has 6 nitrogen and oxygen atoms in total. The fraction of sp³-hybridized carbons (Fsp3) is 0.742. The number of aliphatic hydroxyl groups excluding tert-OH is 1. The van der Waals surface area contributed by atoms with Crippen molar-refractivity contribution >= 4 is 17.3 Å². The Morgan fingerprint density at radius 1 is 1.32 bits per heavy atom. The van der Waals surface area contributed by atoms with Gasteiger partial charge in [0.15, 0.2) is 0 Å². The van der Waals surface area contributed by atoms with E-state index >= 15 is 0 Å². The lowest BCUT2D eigenvalue weighted by atomic mass is 9.63. The van der Waals surface area contributed by atoms with Crippen LogP contribution in [0.3, 0.4) is 0 Å². The van der Waals surface area contributed by atoms with Crippen molar-refractivity contribution in [2.45, 2.75) is 95.5 Å². The molecule has 4 rings (SSSR count). The van der Waals surface area contributed by atoms with E-state index in [-0.39, 0.29) is 23.4 Å². The molecule has 1 N–H and O–H groups in total. The highest BCUT2D eigenvalue weighted by atomic mass is 32.1. The second-order valence-electron chi connectivity index (χ2n) is 11.1. The molecule has 1 aromatic heterocycles. The summed E-state index contributed by atoms with van der Waals surface area (Å²) in [4.78, 5) is 15.0. The van der Waals surface area contributed by atoms with E-state index in [2.05, 4.69) is 47.6 Å². The average Bonchev–Trinajstić information content (AvgIpc) is 3.60. The number of hydrogen-bond acceptors (Lipinski definition) is 7. The first-order valence-electron chi connectivity index (χ1n) is 14.8. The lowest BCUT2D eigenvalue weighted by molar-refractivity contribution is -0.144. The maximum atomic E-state index is 11.4. The van der Waals surface area contributed by atoms with E-state index in [4.69, 9.17) is 14.7 Å². The molecule has 2 aliphatic carbocycles. The minimum atomic E-state index is -0.269. The molecule has 2 saturated carbocycles. The first kappa shape index (κ1) is 30.8. The quantitative estimate of drug-likeness (QED) is 0.180. The van der Waals surface area contributed by atoms with Gasteiger partial charge in [-0.25, -0.2) is 0 Å². The van der Waals surface area contributed by atoms with Crippen LogP contribution in [0.4, 0.5) is 0 Å². The fourth-order valence-corrected chi connectivity index (χ4v) is 6.71. The van der Waals surface area contributed by atoms with Gasteiger partial charge in [-0.2, -0.15) is 5.26 Å². The SMILES string of the molecule is CCCCCCC(=O)OCCN1CCOCC1.N#CC1CCC(/C=C/CC(O)C2(c3cccs3)CCC2)C1. The molecule has 1 aliphatic heterocycles. The molecule has 3 unspecified atom stereocenters. The number of ether oxygens (including phenoxy) is 2. The zero-order valence-electron chi connectivity index (χ0n) is 23.3. The molecule has 2 heterocycles. The van der Waals surface area contributed by atoms with Crippen LogP contribution in [0.2, 0.25) is 0 Å². The summed E-state index contributed by atoms with van der Waals surface area (Å²) in [7, 11) is 0. The molecular formula is C31H48N2O4S. The van der Waals surface area contributed by atoms with Crippen LogP contribution in [0.25, 0.3) is 0 Å². The van der Waals surface area contributed by atoms with E-state index in [1.54, 1.807) is 11.3 Å². The van der Waals surface area contributed by atoms with Crippen molar-refractivity contribution in [1.29, 1.82) is 5.26 Å². The van der Waals surface area contributed by atoms with Crippen molar-refractivity contribution in [2.24, 2.45) is 11.8 Å². The number of aliphatic hydroxyl groups is 1. The maximum absolute atomic E-state index is 11.4. The van der Waals surface area contributed by atoms with E-state index in [9.17, 15) is 9.90 Å². The van der Waals surface area contributed by atoms with Crippen LogP contribution in [0.1, 0.15) is 88.9 Å². The number of rotatable bonds is 13. The summed E-state index contributed by atoms with van der Waals surface area (Å²) in [5.74, 6) is 0.740.